The van der Waals surface area contributed by atoms with Gasteiger partial charge in [-0.2, -0.15) is 18.2 Å². The number of piperidine rings is 1. The number of hydrogen-bond acceptors (Lipinski definition) is 11. The van der Waals surface area contributed by atoms with Crippen molar-refractivity contribution in [2.24, 2.45) is 0 Å². The number of amides is 4. The fraction of sp³-hybridized carbons (Fsp3) is 0.317. The normalized spacial score (nSPS) is 17.4. The molecule has 3 aliphatic rings. The zero-order valence-electron chi connectivity index (χ0n) is 31.7. The first-order valence-electron chi connectivity index (χ1n) is 19.2. The molecule has 8 rings (SSSR count). The second kappa shape index (κ2) is 15.9. The number of hydrogen-bond donors (Lipinski definition) is 2. The molecule has 59 heavy (non-hydrogen) atoms. The van der Waals surface area contributed by atoms with Crippen molar-refractivity contribution in [3.8, 4) is 5.82 Å². The Morgan fingerprint density at radius 1 is 0.898 bits per heavy atom. The lowest BCUT2D eigenvalue weighted by atomic mass is 9.98. The molecule has 1 unspecified atom stereocenters. The fourth-order valence-electron chi connectivity index (χ4n) is 7.87. The van der Waals surface area contributed by atoms with E-state index in [1.807, 2.05) is 30.3 Å². The predicted octanol–water partition coefficient (Wildman–Crippen LogP) is 4.47. The van der Waals surface area contributed by atoms with Gasteiger partial charge in [-0.25, -0.2) is 19.3 Å². The number of unbranched alkanes of at least 4 members (excludes halogenated alkanes) is 1. The molecule has 2 N–H and O–H groups in total. The summed E-state index contributed by atoms with van der Waals surface area (Å²) in [6.07, 6.45) is 0.601. The number of benzene rings is 2. The Hall–Kier alpha value is -6.69. The first kappa shape index (κ1) is 39.2. The minimum Gasteiger partial charge on any atom is -0.369 e. The first-order chi connectivity index (χ1) is 28.4. The van der Waals surface area contributed by atoms with E-state index in [1.54, 1.807) is 12.1 Å². The van der Waals surface area contributed by atoms with Gasteiger partial charge in [0.05, 0.1) is 17.7 Å². The number of pyridine rings is 1. The predicted molar refractivity (Wildman–Crippen MR) is 211 cm³/mol. The molecule has 5 aromatic rings. The second-order valence-corrected chi connectivity index (χ2v) is 14.5. The smallest absolute Gasteiger partial charge is 0.369 e. The van der Waals surface area contributed by atoms with Crippen LogP contribution in [0.2, 0.25) is 0 Å². The first-order valence-corrected chi connectivity index (χ1v) is 19.2. The lowest BCUT2D eigenvalue weighted by molar-refractivity contribution is -0.141. The molecule has 3 aliphatic heterocycles. The molecule has 2 aromatic carbocycles. The van der Waals surface area contributed by atoms with E-state index in [0.717, 1.165) is 67.8 Å². The van der Waals surface area contributed by atoms with Gasteiger partial charge in [-0.05, 0) is 80.3 Å². The van der Waals surface area contributed by atoms with Gasteiger partial charge < -0.3 is 10.2 Å². The van der Waals surface area contributed by atoms with Crippen LogP contribution in [0.5, 0.6) is 0 Å². The summed E-state index contributed by atoms with van der Waals surface area (Å²) in [6, 6.07) is 15.4. The van der Waals surface area contributed by atoms with Crippen LogP contribution in [0, 0.1) is 0 Å². The van der Waals surface area contributed by atoms with Crippen LogP contribution in [0.1, 0.15) is 57.7 Å². The Labute approximate surface area is 335 Å². The van der Waals surface area contributed by atoms with Gasteiger partial charge in [0.2, 0.25) is 17.8 Å². The van der Waals surface area contributed by atoms with E-state index in [4.69, 9.17) is 0 Å². The van der Waals surface area contributed by atoms with E-state index in [2.05, 4.69) is 42.0 Å². The van der Waals surface area contributed by atoms with Gasteiger partial charge in [-0.1, -0.05) is 24.3 Å². The summed E-state index contributed by atoms with van der Waals surface area (Å²) in [5.41, 5.74) is 1.61. The highest BCUT2D eigenvalue weighted by atomic mass is 19.4. The summed E-state index contributed by atoms with van der Waals surface area (Å²) in [5, 5.41) is 5.47. The van der Waals surface area contributed by atoms with E-state index in [-0.39, 0.29) is 42.2 Å². The number of carbonyl (C=O) groups is 4. The Balaban J connectivity index is 0.855. The topological polar surface area (TPSA) is 168 Å². The minimum atomic E-state index is -4.68. The Bertz CT molecular complexity index is 2540. The van der Waals surface area contributed by atoms with Crippen LogP contribution in [-0.4, -0.2) is 96.5 Å². The van der Waals surface area contributed by atoms with Gasteiger partial charge in [0, 0.05) is 50.2 Å². The number of imide groups is 2. The highest BCUT2D eigenvalue weighted by molar-refractivity contribution is 6.24. The van der Waals surface area contributed by atoms with Gasteiger partial charge >= 0.3 is 6.18 Å². The number of carbonyl (C=O) groups excluding carboxylic acids is 4. The molecule has 2 saturated heterocycles. The molecule has 1 atom stereocenters. The molecular weight excluding hydrogens is 770 g/mol. The summed E-state index contributed by atoms with van der Waals surface area (Å²) in [5.74, 6) is -2.01. The molecule has 4 amide bonds. The minimum absolute atomic E-state index is 0.00459. The number of alkyl halides is 3. The van der Waals surface area contributed by atoms with E-state index < -0.39 is 47.1 Å². The maximum absolute atomic E-state index is 13.5. The highest BCUT2D eigenvalue weighted by Crippen LogP contribution is 2.32. The van der Waals surface area contributed by atoms with Gasteiger partial charge in [-0.3, -0.25) is 39.1 Å². The van der Waals surface area contributed by atoms with Crippen molar-refractivity contribution < 1.29 is 32.3 Å². The average molecular weight is 809 g/mol. The molecule has 304 valence electrons. The molecule has 6 heterocycles. The van der Waals surface area contributed by atoms with Gasteiger partial charge in [0.1, 0.15) is 17.1 Å². The van der Waals surface area contributed by atoms with Crippen molar-refractivity contribution in [2.45, 2.75) is 50.9 Å². The Morgan fingerprint density at radius 3 is 2.39 bits per heavy atom. The van der Waals surface area contributed by atoms with Crippen LogP contribution >= 0.6 is 0 Å². The standard InChI is InChI=1S/C41H39F3N10O5/c1-2-18-52-37(57)29-24-45-40(49-35(29)54(52)32-11-6-10-31(47-32)41(42,43)44)46-26-12-14-27(15-13-26)51-22-20-50(21-23-51)19-4-3-7-25-8-5-9-28-34(25)39(59)53(38(28)58)30-16-17-33(55)48-36(30)56/h2,5-6,8-15,24,30H,1,3-4,7,16-23H2,(H,45,46,49)(H,48,55,56). The van der Waals surface area contributed by atoms with Gasteiger partial charge in [-0.15, -0.1) is 6.58 Å². The number of rotatable bonds is 12. The van der Waals surface area contributed by atoms with Crippen LogP contribution in [0.3, 0.4) is 0 Å². The van der Waals surface area contributed by atoms with Gasteiger partial charge in [0.15, 0.2) is 11.5 Å². The number of fused-ring (bicyclic) bond motifs is 2. The van der Waals surface area contributed by atoms with E-state index in [9.17, 15) is 37.1 Å². The molecule has 2 fully saturated rings. The second-order valence-electron chi connectivity index (χ2n) is 14.5. The molecule has 0 spiro atoms. The number of halogens is 3. The van der Waals surface area contributed by atoms with Crippen LogP contribution in [-0.2, 0) is 28.7 Å². The number of nitrogens with zero attached hydrogens (tertiary/aromatic N) is 8. The number of allylic oxidation sites excluding steroid dienone is 1. The average Bonchev–Trinajstić information content (AvgIpc) is 3.64. The third-order valence-electron chi connectivity index (χ3n) is 10.8. The summed E-state index contributed by atoms with van der Waals surface area (Å²) in [6.45, 7) is 7.89. The molecule has 15 nitrogen and oxygen atoms in total. The fourth-order valence-corrected chi connectivity index (χ4v) is 7.87. The number of anilines is 3. The number of aromatic nitrogens is 5. The quantitative estimate of drug-likeness (QED) is 0.104. The van der Waals surface area contributed by atoms with Crippen LogP contribution in [0.15, 0.2) is 84.3 Å². The summed E-state index contributed by atoms with van der Waals surface area (Å²) < 4.78 is 43.0. The molecule has 3 aromatic heterocycles. The van der Waals surface area contributed by atoms with Crippen molar-refractivity contribution in [3.63, 3.8) is 0 Å². The highest BCUT2D eigenvalue weighted by Gasteiger charge is 2.45. The van der Waals surface area contributed by atoms with Crippen molar-refractivity contribution >= 4 is 52.0 Å². The summed E-state index contributed by atoms with van der Waals surface area (Å²) in [4.78, 5) is 82.2. The molecule has 0 bridgehead atoms. The number of aryl methyl sites for hydroxylation is 1. The summed E-state index contributed by atoms with van der Waals surface area (Å²) in [7, 11) is 0. The third kappa shape index (κ3) is 7.70. The lowest BCUT2D eigenvalue weighted by Crippen LogP contribution is -2.54. The molecule has 0 aliphatic carbocycles. The summed E-state index contributed by atoms with van der Waals surface area (Å²) >= 11 is 0. The maximum atomic E-state index is 13.5. The SMILES string of the molecule is C=CCn1c(=O)c2cnc(Nc3ccc(N4CCN(CCCCc5cccc6c5C(=O)N(C5CCC(=O)NC5=O)C6=O)CC4)cc3)nc2n1-c1cccc(C(F)(F)F)n1. The molecule has 0 radical (unpaired) electrons. The maximum Gasteiger partial charge on any atom is 0.433 e. The van der Waals surface area contributed by atoms with Crippen molar-refractivity contribution in [1.29, 1.82) is 0 Å². The third-order valence-corrected chi connectivity index (χ3v) is 10.8. The molecule has 18 heteroatoms. The van der Waals surface area contributed by atoms with Crippen LogP contribution < -0.4 is 21.1 Å². The van der Waals surface area contributed by atoms with Crippen LogP contribution in [0.4, 0.5) is 30.5 Å². The van der Waals surface area contributed by atoms with Crippen molar-refractivity contribution in [2.75, 3.05) is 42.9 Å². The largest absolute Gasteiger partial charge is 0.433 e. The molecule has 0 saturated carbocycles. The van der Waals surface area contributed by atoms with Gasteiger partial charge in [0.25, 0.3) is 17.4 Å². The Morgan fingerprint density at radius 2 is 1.66 bits per heavy atom. The lowest BCUT2D eigenvalue weighted by Gasteiger charge is -2.36. The zero-order chi connectivity index (χ0) is 41.4. The van der Waals surface area contributed by atoms with E-state index >= 15 is 0 Å². The Kier molecular flexibility index (Phi) is 10.6. The van der Waals surface area contributed by atoms with Crippen LogP contribution in [0.25, 0.3) is 16.9 Å². The van der Waals surface area contributed by atoms with Crippen molar-refractivity contribution in [1.82, 2.24) is 39.4 Å². The monoisotopic (exact) mass is 808 g/mol. The molecular formula is C41H39F3N10O5. The zero-order valence-corrected chi connectivity index (χ0v) is 31.7. The van der Waals surface area contributed by atoms with E-state index in [1.165, 1.54) is 33.8 Å². The number of piperazine rings is 1. The van der Waals surface area contributed by atoms with Crippen molar-refractivity contribution in [3.05, 3.63) is 112 Å². The number of nitrogens with one attached hydrogen (secondary N) is 2. The van der Waals surface area contributed by atoms with E-state index in [0.29, 0.717) is 23.2 Å².